The SMILES string of the molecule is COCCN(CC(=O)N1CCc2sccc2C1COc1ccccc1C)C(=O)C(C)C. The first kappa shape index (κ1) is 23.3. The molecule has 2 heterocycles. The Morgan fingerprint density at radius 1 is 1.26 bits per heavy atom. The number of ether oxygens (including phenoxy) is 2. The standard InChI is InChI=1S/C24H32N2O4S/c1-17(2)24(28)25(12-13-29-4)15-23(27)26-11-9-22-19(10-14-31-22)20(26)16-30-21-8-6-5-7-18(21)3/h5-8,10,14,17,20H,9,11-13,15-16H2,1-4H3. The topological polar surface area (TPSA) is 59.1 Å². The molecule has 1 aromatic carbocycles. The Hall–Kier alpha value is -2.38. The lowest BCUT2D eigenvalue weighted by atomic mass is 10.00. The minimum Gasteiger partial charge on any atom is -0.491 e. The zero-order valence-corrected chi connectivity index (χ0v) is 19.6. The first-order valence-corrected chi connectivity index (χ1v) is 11.6. The third-order valence-electron chi connectivity index (χ3n) is 5.60. The number of fused-ring (bicyclic) bond motifs is 1. The van der Waals surface area contributed by atoms with Gasteiger partial charge in [-0.3, -0.25) is 9.59 Å². The van der Waals surface area contributed by atoms with E-state index in [1.807, 2.05) is 49.9 Å². The Balaban J connectivity index is 1.77. The maximum absolute atomic E-state index is 13.4. The van der Waals surface area contributed by atoms with Crippen molar-refractivity contribution in [2.75, 3.05) is 40.0 Å². The van der Waals surface area contributed by atoms with Crippen LogP contribution in [-0.4, -0.2) is 61.6 Å². The Kier molecular flexibility index (Phi) is 8.09. The molecule has 1 aliphatic rings. The van der Waals surface area contributed by atoms with Crippen LogP contribution in [0.15, 0.2) is 35.7 Å². The van der Waals surface area contributed by atoms with Crippen LogP contribution in [0.3, 0.4) is 0 Å². The molecule has 2 aromatic rings. The molecular formula is C24H32N2O4S. The molecule has 0 N–H and O–H groups in total. The molecule has 0 bridgehead atoms. The largest absolute Gasteiger partial charge is 0.491 e. The van der Waals surface area contributed by atoms with Gasteiger partial charge in [0, 0.05) is 31.0 Å². The number of aryl methyl sites for hydroxylation is 1. The fourth-order valence-corrected chi connectivity index (χ4v) is 4.78. The van der Waals surface area contributed by atoms with E-state index in [0.717, 1.165) is 23.3 Å². The van der Waals surface area contributed by atoms with Crippen LogP contribution in [0.25, 0.3) is 0 Å². The van der Waals surface area contributed by atoms with E-state index in [0.29, 0.717) is 26.3 Å². The van der Waals surface area contributed by atoms with Gasteiger partial charge < -0.3 is 19.3 Å². The number of methoxy groups -OCH3 is 1. The van der Waals surface area contributed by atoms with Crippen molar-refractivity contribution in [1.82, 2.24) is 9.80 Å². The van der Waals surface area contributed by atoms with Crippen molar-refractivity contribution in [3.05, 3.63) is 51.7 Å². The molecule has 2 amide bonds. The van der Waals surface area contributed by atoms with Crippen LogP contribution in [0.4, 0.5) is 0 Å². The van der Waals surface area contributed by atoms with Gasteiger partial charge >= 0.3 is 0 Å². The average Bonchev–Trinajstić information content (AvgIpc) is 3.24. The van der Waals surface area contributed by atoms with Crippen LogP contribution in [0.5, 0.6) is 5.75 Å². The summed E-state index contributed by atoms with van der Waals surface area (Å²) in [5, 5.41) is 2.08. The molecule has 1 atom stereocenters. The fraction of sp³-hybridized carbons (Fsp3) is 0.500. The van der Waals surface area contributed by atoms with Gasteiger partial charge in [0.2, 0.25) is 11.8 Å². The molecule has 1 aliphatic heterocycles. The van der Waals surface area contributed by atoms with Crippen molar-refractivity contribution in [2.24, 2.45) is 5.92 Å². The van der Waals surface area contributed by atoms with E-state index in [1.165, 1.54) is 4.88 Å². The lowest BCUT2D eigenvalue weighted by molar-refractivity contribution is -0.144. The van der Waals surface area contributed by atoms with Gasteiger partial charge in [0.25, 0.3) is 0 Å². The number of benzene rings is 1. The predicted molar refractivity (Wildman–Crippen MR) is 122 cm³/mol. The van der Waals surface area contributed by atoms with Gasteiger partial charge in [-0.25, -0.2) is 0 Å². The van der Waals surface area contributed by atoms with Gasteiger partial charge in [-0.15, -0.1) is 11.3 Å². The Morgan fingerprint density at radius 2 is 2.03 bits per heavy atom. The third-order valence-corrected chi connectivity index (χ3v) is 6.60. The van der Waals surface area contributed by atoms with Gasteiger partial charge in [0.05, 0.1) is 19.2 Å². The summed E-state index contributed by atoms with van der Waals surface area (Å²) in [6, 6.07) is 9.82. The normalized spacial score (nSPS) is 15.6. The third kappa shape index (κ3) is 5.66. The molecule has 31 heavy (non-hydrogen) atoms. The molecule has 1 aromatic heterocycles. The van der Waals surface area contributed by atoms with Crippen LogP contribution in [0.2, 0.25) is 0 Å². The maximum Gasteiger partial charge on any atom is 0.242 e. The number of rotatable bonds is 9. The molecule has 0 saturated carbocycles. The summed E-state index contributed by atoms with van der Waals surface area (Å²) in [5.74, 6) is 0.565. The van der Waals surface area contributed by atoms with Crippen LogP contribution in [0, 0.1) is 12.8 Å². The van der Waals surface area contributed by atoms with E-state index < -0.39 is 0 Å². The Morgan fingerprint density at radius 3 is 2.74 bits per heavy atom. The lowest BCUT2D eigenvalue weighted by Gasteiger charge is -2.37. The van der Waals surface area contributed by atoms with Gasteiger partial charge in [-0.05, 0) is 42.0 Å². The first-order valence-electron chi connectivity index (χ1n) is 10.7. The summed E-state index contributed by atoms with van der Waals surface area (Å²) in [6.45, 7) is 7.59. The number of nitrogens with zero attached hydrogens (tertiary/aromatic N) is 2. The van der Waals surface area contributed by atoms with E-state index in [2.05, 4.69) is 11.4 Å². The van der Waals surface area contributed by atoms with Gasteiger partial charge in [0.1, 0.15) is 12.4 Å². The van der Waals surface area contributed by atoms with Crippen molar-refractivity contribution in [3.8, 4) is 5.75 Å². The molecule has 168 valence electrons. The summed E-state index contributed by atoms with van der Waals surface area (Å²) < 4.78 is 11.3. The molecule has 3 rings (SSSR count). The summed E-state index contributed by atoms with van der Waals surface area (Å²) in [6.07, 6.45) is 0.829. The molecule has 0 aliphatic carbocycles. The second-order valence-corrected chi connectivity index (χ2v) is 9.14. The molecule has 0 spiro atoms. The molecule has 7 heteroatoms. The fourth-order valence-electron chi connectivity index (χ4n) is 3.85. The van der Waals surface area contributed by atoms with Crippen LogP contribution >= 0.6 is 11.3 Å². The second-order valence-electron chi connectivity index (χ2n) is 8.14. The molecule has 6 nitrogen and oxygen atoms in total. The van der Waals surface area contributed by atoms with E-state index in [9.17, 15) is 9.59 Å². The van der Waals surface area contributed by atoms with Crippen LogP contribution < -0.4 is 4.74 Å². The molecular weight excluding hydrogens is 412 g/mol. The van der Waals surface area contributed by atoms with Gasteiger partial charge in [-0.1, -0.05) is 32.0 Å². The summed E-state index contributed by atoms with van der Waals surface area (Å²) in [4.78, 5) is 30.8. The zero-order chi connectivity index (χ0) is 22.4. The maximum atomic E-state index is 13.4. The predicted octanol–water partition coefficient (Wildman–Crippen LogP) is 3.69. The molecule has 0 radical (unpaired) electrons. The number of amides is 2. The van der Waals surface area contributed by atoms with Crippen molar-refractivity contribution in [3.63, 3.8) is 0 Å². The van der Waals surface area contributed by atoms with Crippen molar-refractivity contribution >= 4 is 23.2 Å². The number of carbonyl (C=O) groups is 2. The summed E-state index contributed by atoms with van der Waals surface area (Å²) in [7, 11) is 1.60. The molecule has 0 saturated heterocycles. The van der Waals surface area contributed by atoms with Crippen molar-refractivity contribution < 1.29 is 19.1 Å². The minimum atomic E-state index is -0.172. The number of hydrogen-bond acceptors (Lipinski definition) is 5. The quantitative estimate of drug-likeness (QED) is 0.592. The van der Waals surface area contributed by atoms with E-state index >= 15 is 0 Å². The van der Waals surface area contributed by atoms with E-state index in [1.54, 1.807) is 23.3 Å². The second kappa shape index (κ2) is 10.8. The summed E-state index contributed by atoms with van der Waals surface area (Å²) >= 11 is 1.73. The minimum absolute atomic E-state index is 0.0358. The first-order chi connectivity index (χ1) is 14.9. The number of para-hydroxylation sites is 1. The highest BCUT2D eigenvalue weighted by atomic mass is 32.1. The highest BCUT2D eigenvalue weighted by Crippen LogP contribution is 2.34. The zero-order valence-electron chi connectivity index (χ0n) is 18.8. The Labute approximate surface area is 188 Å². The van der Waals surface area contributed by atoms with Gasteiger partial charge in [0.15, 0.2) is 0 Å². The van der Waals surface area contributed by atoms with Crippen LogP contribution in [0.1, 0.15) is 35.9 Å². The monoisotopic (exact) mass is 444 g/mol. The van der Waals surface area contributed by atoms with Gasteiger partial charge in [-0.2, -0.15) is 0 Å². The molecule has 1 unspecified atom stereocenters. The summed E-state index contributed by atoms with van der Waals surface area (Å²) in [5.41, 5.74) is 2.21. The number of carbonyl (C=O) groups excluding carboxylic acids is 2. The van der Waals surface area contributed by atoms with E-state index in [4.69, 9.17) is 9.47 Å². The lowest BCUT2D eigenvalue weighted by Crippen LogP contribution is -2.49. The smallest absolute Gasteiger partial charge is 0.242 e. The molecule has 0 fully saturated rings. The number of thiophene rings is 1. The number of hydrogen-bond donors (Lipinski definition) is 0. The highest BCUT2D eigenvalue weighted by Gasteiger charge is 2.33. The van der Waals surface area contributed by atoms with Crippen molar-refractivity contribution in [2.45, 2.75) is 33.2 Å². The van der Waals surface area contributed by atoms with E-state index in [-0.39, 0.29) is 30.3 Å². The Bertz CT molecular complexity index is 895. The highest BCUT2D eigenvalue weighted by molar-refractivity contribution is 7.10. The van der Waals surface area contributed by atoms with Crippen LogP contribution in [-0.2, 0) is 20.7 Å². The average molecular weight is 445 g/mol. The van der Waals surface area contributed by atoms with Crippen molar-refractivity contribution in [1.29, 1.82) is 0 Å².